The minimum atomic E-state index is -0.225. The number of ether oxygens (including phenoxy) is 1. The number of nitrogens with zero attached hydrogens (tertiary/aromatic N) is 4. The molecule has 6 aromatic carbocycles. The summed E-state index contributed by atoms with van der Waals surface area (Å²) in [4.78, 5) is 9.68. The number of fused-ring (bicyclic) bond motifs is 3. The molecule has 1 aliphatic rings. The van der Waals surface area contributed by atoms with Crippen LogP contribution in [-0.2, 0) is 31.9 Å². The van der Waals surface area contributed by atoms with Crippen molar-refractivity contribution in [1.82, 2.24) is 9.55 Å². The van der Waals surface area contributed by atoms with Crippen molar-refractivity contribution in [1.29, 1.82) is 0 Å². The predicted molar refractivity (Wildman–Crippen MR) is 267 cm³/mol. The summed E-state index contributed by atoms with van der Waals surface area (Å²) in [7, 11) is 0. The first kappa shape index (κ1) is 45.7. The zero-order valence-corrected chi connectivity index (χ0v) is 41.8. The molecule has 65 heavy (non-hydrogen) atoms. The van der Waals surface area contributed by atoms with Crippen LogP contribution in [-0.4, -0.2) is 9.55 Å². The molecule has 1 aliphatic heterocycles. The maximum absolute atomic E-state index is 6.74. The summed E-state index contributed by atoms with van der Waals surface area (Å²) < 4.78 is 8.95. The van der Waals surface area contributed by atoms with Crippen LogP contribution in [0.1, 0.15) is 92.9 Å². The number of hydrogen-bond acceptors (Lipinski definition) is 4. The van der Waals surface area contributed by atoms with Gasteiger partial charge in [-0.1, -0.05) is 167 Å². The Kier molecular flexibility index (Phi) is 12.0. The normalized spacial score (nSPS) is 13.8. The minimum absolute atomic E-state index is 0. The van der Waals surface area contributed by atoms with Gasteiger partial charge < -0.3 is 19.1 Å². The zero-order chi connectivity index (χ0) is 45.2. The monoisotopic (exact) mass is 1030 g/mol. The Morgan fingerprint density at radius 3 is 1.85 bits per heavy atom. The van der Waals surface area contributed by atoms with Crippen LogP contribution in [0.25, 0.3) is 38.8 Å². The van der Waals surface area contributed by atoms with E-state index in [4.69, 9.17) is 9.72 Å². The molecule has 0 aliphatic carbocycles. The van der Waals surface area contributed by atoms with Crippen LogP contribution in [0.5, 0.6) is 11.5 Å². The van der Waals surface area contributed by atoms with Crippen molar-refractivity contribution in [3.63, 3.8) is 0 Å². The predicted octanol–water partition coefficient (Wildman–Crippen LogP) is 15.6. The van der Waals surface area contributed by atoms with Gasteiger partial charge in [-0.3, -0.25) is 0 Å². The summed E-state index contributed by atoms with van der Waals surface area (Å²) in [6.45, 7) is 27.5. The molecular weight excluding hydrogens is 976 g/mol. The van der Waals surface area contributed by atoms with E-state index < -0.39 is 0 Å². The Bertz CT molecular complexity index is 3030. The van der Waals surface area contributed by atoms with E-state index in [-0.39, 0.29) is 42.7 Å². The molecule has 0 saturated carbocycles. The van der Waals surface area contributed by atoms with Gasteiger partial charge in [-0.15, -0.1) is 48.1 Å². The van der Waals surface area contributed by atoms with Gasteiger partial charge in [-0.05, 0) is 69.0 Å². The van der Waals surface area contributed by atoms with Crippen molar-refractivity contribution < 1.29 is 25.8 Å². The second-order valence-corrected chi connectivity index (χ2v) is 20.8. The molecule has 0 bridgehead atoms. The van der Waals surface area contributed by atoms with E-state index in [9.17, 15) is 0 Å². The molecule has 0 radical (unpaired) electrons. The van der Waals surface area contributed by atoms with Crippen LogP contribution in [0.4, 0.5) is 11.4 Å². The van der Waals surface area contributed by atoms with Crippen LogP contribution >= 0.6 is 0 Å². The fourth-order valence-electron chi connectivity index (χ4n) is 9.13. The molecule has 0 saturated heterocycles. The van der Waals surface area contributed by atoms with E-state index in [1.807, 2.05) is 18.3 Å². The third kappa shape index (κ3) is 8.81. The van der Waals surface area contributed by atoms with Crippen molar-refractivity contribution in [3.8, 4) is 28.4 Å². The van der Waals surface area contributed by atoms with Gasteiger partial charge in [-0.25, -0.2) is 4.98 Å². The van der Waals surface area contributed by atoms with E-state index in [2.05, 4.69) is 243 Å². The number of para-hydroxylation sites is 1. The van der Waals surface area contributed by atoms with Crippen LogP contribution < -0.4 is 14.5 Å². The third-order valence-corrected chi connectivity index (χ3v) is 12.5. The molecule has 5 nitrogen and oxygen atoms in total. The average molecular weight is 1040 g/mol. The topological polar surface area (TPSA) is 33.5 Å². The summed E-state index contributed by atoms with van der Waals surface area (Å²) in [6.07, 6.45) is 1.92. The molecule has 0 amide bonds. The quantitative estimate of drug-likeness (QED) is 0.142. The molecule has 3 heterocycles. The Labute approximate surface area is 401 Å². The van der Waals surface area contributed by atoms with Crippen molar-refractivity contribution in [3.05, 3.63) is 199 Å². The van der Waals surface area contributed by atoms with Gasteiger partial charge in [0.05, 0.1) is 0 Å². The SMILES string of the molecule is CC(C)(C)C1=C(C(C)(C)C)N(c2cc(-c3ccccc3)cc(C(C)(C)C)c2)[CH-]N1c1[c-]c(Oc2[c-]c3c(cc2)c2ccccc2n3-c2cc(C(C)(C)c3ccccc3)ccn2)ccc1.[Pt]. The maximum Gasteiger partial charge on any atom is 0.135 e. The van der Waals surface area contributed by atoms with Gasteiger partial charge in [0.15, 0.2) is 0 Å². The molecule has 6 heteroatoms. The maximum atomic E-state index is 6.74. The number of benzene rings is 6. The fourth-order valence-corrected chi connectivity index (χ4v) is 9.13. The first-order chi connectivity index (χ1) is 30.4. The van der Waals surface area contributed by atoms with E-state index in [0.717, 1.165) is 39.0 Å². The molecule has 8 aromatic rings. The molecule has 0 N–H and O–H groups in total. The first-order valence-electron chi connectivity index (χ1n) is 22.5. The van der Waals surface area contributed by atoms with E-state index in [1.165, 1.54) is 39.2 Å². The number of anilines is 2. The summed E-state index contributed by atoms with van der Waals surface area (Å²) in [5.74, 6) is 2.05. The fraction of sp³-hybridized carbons (Fsp3) is 0.254. The van der Waals surface area contributed by atoms with Crippen LogP contribution in [0.15, 0.2) is 163 Å². The molecule has 9 rings (SSSR count). The molecule has 0 spiro atoms. The van der Waals surface area contributed by atoms with Gasteiger partial charge in [0, 0.05) is 77.6 Å². The number of allylic oxidation sites excluding steroid dienone is 2. The van der Waals surface area contributed by atoms with Crippen molar-refractivity contribution in [2.24, 2.45) is 10.8 Å². The number of hydrogen-bond donors (Lipinski definition) is 0. The summed E-state index contributed by atoms with van der Waals surface area (Å²) in [5, 5.41) is 2.22. The molecule has 2 aromatic heterocycles. The Morgan fingerprint density at radius 2 is 1.15 bits per heavy atom. The van der Waals surface area contributed by atoms with Gasteiger partial charge in [0.2, 0.25) is 0 Å². The molecule has 0 atom stereocenters. The largest absolute Gasteiger partial charge is 0.509 e. The minimum Gasteiger partial charge on any atom is -0.509 e. The van der Waals surface area contributed by atoms with E-state index >= 15 is 0 Å². The Morgan fingerprint density at radius 1 is 0.508 bits per heavy atom. The van der Waals surface area contributed by atoms with Crippen molar-refractivity contribution >= 4 is 33.2 Å². The smallest absolute Gasteiger partial charge is 0.135 e. The molecule has 0 unspecified atom stereocenters. The van der Waals surface area contributed by atoms with Crippen molar-refractivity contribution in [2.75, 3.05) is 9.80 Å². The second kappa shape index (κ2) is 17.1. The van der Waals surface area contributed by atoms with E-state index in [0.29, 0.717) is 11.5 Å². The standard InChI is InChI=1S/C59H59N4O.Pt/c1-56(2,3)44-33-41(40-21-14-12-15-22-40)34-46(35-44)62-39-61(54(57(4,5)6)55(62)58(7,8)9)45-25-20-26-47(37-45)64-48-29-30-50-49-27-18-19-28-51(49)63(52(50)38-48)53-36-43(31-32-60-53)59(10,11)42-23-16-13-17-24-42;/h12-36,39H,1-11H3;/q-3;. The van der Waals surface area contributed by atoms with Gasteiger partial charge in [0.25, 0.3) is 0 Å². The van der Waals surface area contributed by atoms with Crippen LogP contribution in [0.3, 0.4) is 0 Å². The number of aromatic nitrogens is 2. The number of pyridine rings is 1. The second-order valence-electron chi connectivity index (χ2n) is 20.8. The summed E-state index contributed by atoms with van der Waals surface area (Å²) in [5.41, 5.74) is 11.9. The van der Waals surface area contributed by atoms with E-state index in [1.54, 1.807) is 0 Å². The zero-order valence-electron chi connectivity index (χ0n) is 39.5. The van der Waals surface area contributed by atoms with Crippen LogP contribution in [0, 0.1) is 29.6 Å². The molecular formula is C59H59N4OPt-3. The van der Waals surface area contributed by atoms with Crippen LogP contribution in [0.2, 0.25) is 0 Å². The summed E-state index contributed by atoms with van der Waals surface area (Å²) >= 11 is 0. The third-order valence-electron chi connectivity index (χ3n) is 12.5. The van der Waals surface area contributed by atoms with Gasteiger partial charge in [0.1, 0.15) is 5.82 Å². The average Bonchev–Trinajstić information content (AvgIpc) is 3.85. The summed E-state index contributed by atoms with van der Waals surface area (Å²) in [6, 6.07) is 58.9. The van der Waals surface area contributed by atoms with Gasteiger partial charge in [-0.2, -0.15) is 12.1 Å². The van der Waals surface area contributed by atoms with Gasteiger partial charge >= 0.3 is 0 Å². The first-order valence-corrected chi connectivity index (χ1v) is 22.5. The number of rotatable bonds is 8. The molecule has 0 fully saturated rings. The Hall–Kier alpha value is -5.90. The molecule has 334 valence electrons. The van der Waals surface area contributed by atoms with Crippen molar-refractivity contribution in [2.45, 2.75) is 87.0 Å². The Balaban J connectivity index is 0.00000576.